The minimum atomic E-state index is -4.24. The summed E-state index contributed by atoms with van der Waals surface area (Å²) in [7, 11) is -2.25. The number of anilines is 1. The van der Waals surface area contributed by atoms with Crippen LogP contribution in [-0.4, -0.2) is 58.1 Å². The molecule has 0 radical (unpaired) electrons. The van der Waals surface area contributed by atoms with E-state index in [1.165, 1.54) is 39.6 Å². The van der Waals surface area contributed by atoms with Gasteiger partial charge in [0.15, 0.2) is 0 Å². The Labute approximate surface area is 266 Å². The molecule has 0 bridgehead atoms. The number of nitrogens with one attached hydrogen (secondary N) is 1. The summed E-state index contributed by atoms with van der Waals surface area (Å²) in [6.07, 6.45) is -0.996. The Balaban J connectivity index is 1.07. The molecule has 6 rings (SSSR count). The SMILES string of the molecule is Cc1c(CN2CCC(Nc3ncnc4sc(CC(F)(F)F)cc34)CC2)ccc2c1cc(C)n2CCc1ccc(P(C)(C)=O)cc1. The highest BCUT2D eigenvalue weighted by atomic mass is 32.1. The molecule has 1 aliphatic heterocycles. The minimum Gasteiger partial charge on any atom is -0.367 e. The summed E-state index contributed by atoms with van der Waals surface area (Å²) in [5.41, 5.74) is 6.39. The van der Waals surface area contributed by atoms with E-state index in [-0.39, 0.29) is 10.9 Å². The second kappa shape index (κ2) is 12.5. The summed E-state index contributed by atoms with van der Waals surface area (Å²) < 4.78 is 53.5. The lowest BCUT2D eigenvalue weighted by Crippen LogP contribution is -2.39. The van der Waals surface area contributed by atoms with Crippen molar-refractivity contribution in [1.29, 1.82) is 0 Å². The van der Waals surface area contributed by atoms with E-state index in [0.717, 1.165) is 62.1 Å². The Bertz CT molecular complexity index is 1870. The summed E-state index contributed by atoms with van der Waals surface area (Å²) in [6, 6.07) is 16.8. The van der Waals surface area contributed by atoms with Crippen LogP contribution in [0.4, 0.5) is 19.0 Å². The van der Waals surface area contributed by atoms with Crippen LogP contribution in [0.3, 0.4) is 0 Å². The molecule has 0 spiro atoms. The normalized spacial score (nSPS) is 15.4. The maximum atomic E-state index is 12.9. The lowest BCUT2D eigenvalue weighted by atomic mass is 10.0. The maximum absolute atomic E-state index is 12.9. The van der Waals surface area contributed by atoms with Gasteiger partial charge in [-0.1, -0.05) is 30.3 Å². The molecule has 0 amide bonds. The van der Waals surface area contributed by atoms with Gasteiger partial charge in [0.05, 0.1) is 11.8 Å². The van der Waals surface area contributed by atoms with Gasteiger partial charge < -0.3 is 14.4 Å². The molecule has 1 aliphatic rings. The summed E-state index contributed by atoms with van der Waals surface area (Å²) in [5, 5.41) is 6.37. The molecular formula is C34H39F3N5OPS. The van der Waals surface area contributed by atoms with E-state index < -0.39 is 19.7 Å². The highest BCUT2D eigenvalue weighted by Crippen LogP contribution is 2.35. The van der Waals surface area contributed by atoms with E-state index in [2.05, 4.69) is 68.9 Å². The first-order chi connectivity index (χ1) is 21.3. The van der Waals surface area contributed by atoms with Crippen LogP contribution in [0.2, 0.25) is 0 Å². The van der Waals surface area contributed by atoms with Crippen molar-refractivity contribution in [3.63, 3.8) is 0 Å². The molecule has 238 valence electrons. The Morgan fingerprint density at radius 2 is 1.73 bits per heavy atom. The van der Waals surface area contributed by atoms with Crippen LogP contribution in [0.1, 0.15) is 40.1 Å². The molecule has 3 aromatic heterocycles. The number of halogens is 3. The predicted molar refractivity (Wildman–Crippen MR) is 180 cm³/mol. The summed E-state index contributed by atoms with van der Waals surface area (Å²) >= 11 is 1.08. The van der Waals surface area contributed by atoms with Crippen molar-refractivity contribution < 1.29 is 17.7 Å². The first-order valence-electron chi connectivity index (χ1n) is 15.4. The number of alkyl halides is 3. The van der Waals surface area contributed by atoms with Crippen molar-refractivity contribution in [3.05, 3.63) is 82.1 Å². The van der Waals surface area contributed by atoms with Crippen LogP contribution in [0.15, 0.2) is 54.9 Å². The highest BCUT2D eigenvalue weighted by molar-refractivity contribution is 7.70. The standard InChI is InChI=1S/C34H39F3N5OPS/c1-22-17-29-23(2)25(7-10-31(29)42(22)16-11-24-5-8-27(9-6-24)44(3,4)43)20-41-14-12-26(13-15-41)40-32-30-18-28(19-34(35,36)37)45-33(30)39-21-38-32/h5-10,17-18,21,26H,11-16,19-20H2,1-4H3,(H,38,39,40). The summed E-state index contributed by atoms with van der Waals surface area (Å²) in [4.78, 5) is 11.9. The van der Waals surface area contributed by atoms with Crippen LogP contribution < -0.4 is 10.6 Å². The van der Waals surface area contributed by atoms with Gasteiger partial charge in [-0.05, 0) is 81.3 Å². The fourth-order valence-corrected chi connectivity index (χ4v) is 8.25. The fourth-order valence-electron chi connectivity index (χ4n) is 6.36. The largest absolute Gasteiger partial charge is 0.393 e. The van der Waals surface area contributed by atoms with Crippen molar-refractivity contribution >= 4 is 50.7 Å². The number of hydrogen-bond donors (Lipinski definition) is 1. The van der Waals surface area contributed by atoms with Crippen LogP contribution >= 0.6 is 18.5 Å². The molecule has 0 unspecified atom stereocenters. The number of piperidine rings is 1. The number of fused-ring (bicyclic) bond motifs is 2. The minimum absolute atomic E-state index is 0.204. The van der Waals surface area contributed by atoms with Gasteiger partial charge >= 0.3 is 6.18 Å². The predicted octanol–water partition coefficient (Wildman–Crippen LogP) is 7.93. The topological polar surface area (TPSA) is 63.0 Å². The molecule has 0 atom stereocenters. The van der Waals surface area contributed by atoms with E-state index in [4.69, 9.17) is 0 Å². The molecule has 11 heteroatoms. The number of likely N-dealkylation sites (tertiary alicyclic amines) is 1. The van der Waals surface area contributed by atoms with Gasteiger partial charge in [-0.2, -0.15) is 13.2 Å². The molecular weight excluding hydrogens is 614 g/mol. The third-order valence-corrected chi connectivity index (χ3v) is 11.5. The Hall–Kier alpha value is -3.20. The van der Waals surface area contributed by atoms with Gasteiger partial charge in [0, 0.05) is 59.0 Å². The Kier molecular flexibility index (Phi) is 8.85. The van der Waals surface area contributed by atoms with Crippen molar-refractivity contribution in [2.24, 2.45) is 0 Å². The average molecular weight is 654 g/mol. The second-order valence-corrected chi connectivity index (χ2v) is 17.0. The van der Waals surface area contributed by atoms with Crippen molar-refractivity contribution in [3.8, 4) is 0 Å². The number of rotatable bonds is 9. The first kappa shape index (κ1) is 31.8. The van der Waals surface area contributed by atoms with Crippen molar-refractivity contribution in [1.82, 2.24) is 19.4 Å². The van der Waals surface area contributed by atoms with Gasteiger partial charge in [0.1, 0.15) is 24.1 Å². The van der Waals surface area contributed by atoms with Gasteiger partial charge in [0.25, 0.3) is 0 Å². The summed E-state index contributed by atoms with van der Waals surface area (Å²) in [6.45, 7) is 11.6. The number of nitrogens with zero attached hydrogens (tertiary/aromatic N) is 4. The number of hydrogen-bond acceptors (Lipinski definition) is 6. The monoisotopic (exact) mass is 653 g/mol. The van der Waals surface area contributed by atoms with Crippen LogP contribution in [0.25, 0.3) is 21.1 Å². The molecule has 4 heterocycles. The van der Waals surface area contributed by atoms with Gasteiger partial charge in [-0.3, -0.25) is 4.90 Å². The second-order valence-electron chi connectivity index (χ2n) is 12.6. The molecule has 1 saturated heterocycles. The Morgan fingerprint density at radius 1 is 1.00 bits per heavy atom. The van der Waals surface area contributed by atoms with Crippen LogP contribution in [-0.2, 0) is 30.5 Å². The van der Waals surface area contributed by atoms with E-state index in [9.17, 15) is 17.7 Å². The van der Waals surface area contributed by atoms with Gasteiger partial charge in [0.2, 0.25) is 0 Å². The van der Waals surface area contributed by atoms with Crippen molar-refractivity contribution in [2.75, 3.05) is 31.7 Å². The zero-order valence-corrected chi connectivity index (χ0v) is 27.8. The molecule has 0 saturated carbocycles. The number of thiophene rings is 1. The van der Waals surface area contributed by atoms with Gasteiger partial charge in [-0.15, -0.1) is 11.3 Å². The lowest BCUT2D eigenvalue weighted by Gasteiger charge is -2.33. The maximum Gasteiger partial charge on any atom is 0.393 e. The van der Waals surface area contributed by atoms with E-state index in [1.54, 1.807) is 19.4 Å². The molecule has 6 nitrogen and oxygen atoms in total. The zero-order chi connectivity index (χ0) is 31.9. The van der Waals surface area contributed by atoms with E-state index in [0.29, 0.717) is 16.0 Å². The molecule has 45 heavy (non-hydrogen) atoms. The van der Waals surface area contributed by atoms with E-state index in [1.807, 2.05) is 12.1 Å². The first-order valence-corrected chi connectivity index (χ1v) is 18.8. The number of aromatic nitrogens is 3. The quantitative estimate of drug-likeness (QED) is 0.164. The molecule has 1 fully saturated rings. The molecule has 5 aromatic rings. The molecule has 0 aliphatic carbocycles. The zero-order valence-electron chi connectivity index (χ0n) is 26.1. The molecule has 2 aromatic carbocycles. The lowest BCUT2D eigenvalue weighted by molar-refractivity contribution is -0.126. The van der Waals surface area contributed by atoms with Crippen LogP contribution in [0, 0.1) is 13.8 Å². The average Bonchev–Trinajstić information content (AvgIpc) is 3.53. The van der Waals surface area contributed by atoms with E-state index >= 15 is 0 Å². The van der Waals surface area contributed by atoms with Crippen LogP contribution in [0.5, 0.6) is 0 Å². The smallest absolute Gasteiger partial charge is 0.367 e. The highest BCUT2D eigenvalue weighted by Gasteiger charge is 2.29. The third kappa shape index (κ3) is 7.29. The third-order valence-electron chi connectivity index (χ3n) is 8.93. The fraction of sp³-hybridized carbons (Fsp3) is 0.412. The van der Waals surface area contributed by atoms with Crippen molar-refractivity contribution in [2.45, 2.75) is 64.8 Å². The summed E-state index contributed by atoms with van der Waals surface area (Å²) in [5.74, 6) is 0.619. The number of benzene rings is 2. The van der Waals surface area contributed by atoms with Gasteiger partial charge in [-0.25, -0.2) is 9.97 Å². The molecule has 1 N–H and O–H groups in total. The Morgan fingerprint density at radius 3 is 2.42 bits per heavy atom. The number of aryl methyl sites for hydroxylation is 4.